The summed E-state index contributed by atoms with van der Waals surface area (Å²) in [6.07, 6.45) is 1.29. The van der Waals surface area contributed by atoms with Gasteiger partial charge in [-0.25, -0.2) is 8.42 Å². The number of aryl methyl sites for hydroxylation is 1. The third kappa shape index (κ3) is 4.36. The van der Waals surface area contributed by atoms with Crippen LogP contribution in [0.15, 0.2) is 30.3 Å². The third-order valence-electron chi connectivity index (χ3n) is 4.42. The van der Waals surface area contributed by atoms with E-state index in [1.807, 2.05) is 58.0 Å². The van der Waals surface area contributed by atoms with Gasteiger partial charge in [-0.05, 0) is 46.1 Å². The monoisotopic (exact) mass is 352 g/mol. The van der Waals surface area contributed by atoms with Crippen molar-refractivity contribution in [2.24, 2.45) is 0 Å². The number of piperazine rings is 1. The molecule has 0 aromatic heterocycles. The zero-order chi connectivity index (χ0) is 18.0. The van der Waals surface area contributed by atoms with E-state index in [2.05, 4.69) is 0 Å². The van der Waals surface area contributed by atoms with E-state index < -0.39 is 15.6 Å². The number of carbonyl (C=O) groups is 1. The summed E-state index contributed by atoms with van der Waals surface area (Å²) in [6.45, 7) is 8.08. The predicted octanol–water partition coefficient (Wildman–Crippen LogP) is 2.28. The van der Waals surface area contributed by atoms with E-state index in [1.54, 1.807) is 4.90 Å². The van der Waals surface area contributed by atoms with Crippen LogP contribution in [0.25, 0.3) is 0 Å². The fraction of sp³-hybridized carbons (Fsp3) is 0.611. The second-order valence-electron chi connectivity index (χ2n) is 7.34. The van der Waals surface area contributed by atoms with Gasteiger partial charge in [0.15, 0.2) is 0 Å². The molecule has 24 heavy (non-hydrogen) atoms. The topological polar surface area (TPSA) is 57.7 Å². The first kappa shape index (κ1) is 18.9. The summed E-state index contributed by atoms with van der Waals surface area (Å²) in [5, 5.41) is 0. The summed E-state index contributed by atoms with van der Waals surface area (Å²) in [4.78, 5) is 14.2. The molecule has 1 saturated heterocycles. The molecule has 1 heterocycles. The number of benzene rings is 1. The van der Waals surface area contributed by atoms with Crippen molar-refractivity contribution < 1.29 is 13.2 Å². The molecule has 1 aromatic rings. The van der Waals surface area contributed by atoms with E-state index in [0.29, 0.717) is 13.0 Å². The minimum Gasteiger partial charge on any atom is -0.333 e. The third-order valence-corrected chi connectivity index (χ3v) is 6.27. The Hall–Kier alpha value is -1.40. The highest BCUT2D eigenvalue weighted by Crippen LogP contribution is 2.26. The van der Waals surface area contributed by atoms with Gasteiger partial charge in [-0.2, -0.15) is 4.31 Å². The lowest BCUT2D eigenvalue weighted by Gasteiger charge is -2.48. The van der Waals surface area contributed by atoms with Gasteiger partial charge in [-0.15, -0.1) is 0 Å². The molecular weight excluding hydrogens is 324 g/mol. The van der Waals surface area contributed by atoms with E-state index in [0.717, 1.165) is 12.0 Å². The van der Waals surface area contributed by atoms with Crippen LogP contribution in [0.2, 0.25) is 0 Å². The summed E-state index contributed by atoms with van der Waals surface area (Å²) in [6, 6.07) is 9.92. The molecule has 0 N–H and O–H groups in total. The van der Waals surface area contributed by atoms with Crippen molar-refractivity contribution in [3.63, 3.8) is 0 Å². The smallest absolute Gasteiger partial charge is 0.238 e. The lowest BCUT2D eigenvalue weighted by atomic mass is 9.98. The molecule has 1 aliphatic heterocycles. The summed E-state index contributed by atoms with van der Waals surface area (Å²) in [5.41, 5.74) is 0.643. The Kier molecular flexibility index (Phi) is 5.71. The van der Waals surface area contributed by atoms with Crippen LogP contribution < -0.4 is 0 Å². The van der Waals surface area contributed by atoms with Crippen molar-refractivity contribution >= 4 is 15.9 Å². The average molecular weight is 353 g/mol. The molecule has 5 nitrogen and oxygen atoms in total. The predicted molar refractivity (Wildman–Crippen MR) is 96.2 cm³/mol. The Morgan fingerprint density at radius 1 is 1.17 bits per heavy atom. The maximum absolute atomic E-state index is 12.6. The molecule has 2 rings (SSSR count). The number of amides is 1. The van der Waals surface area contributed by atoms with Crippen LogP contribution in [-0.2, 0) is 21.2 Å². The lowest BCUT2D eigenvalue weighted by molar-refractivity contribution is -0.144. The number of nitrogens with zero attached hydrogens (tertiary/aromatic N) is 2. The molecule has 0 unspecified atom stereocenters. The fourth-order valence-electron chi connectivity index (χ4n) is 3.54. The van der Waals surface area contributed by atoms with Crippen molar-refractivity contribution in [3.05, 3.63) is 35.9 Å². The highest BCUT2D eigenvalue weighted by Gasteiger charge is 2.43. The normalized spacial score (nSPS) is 19.0. The van der Waals surface area contributed by atoms with Crippen LogP contribution in [0.1, 0.15) is 39.7 Å². The molecule has 0 radical (unpaired) electrons. The van der Waals surface area contributed by atoms with Gasteiger partial charge in [-0.3, -0.25) is 4.79 Å². The second-order valence-corrected chi connectivity index (χ2v) is 9.43. The Balaban J connectivity index is 2.01. The minimum atomic E-state index is -3.42. The van der Waals surface area contributed by atoms with Gasteiger partial charge in [0, 0.05) is 12.6 Å². The zero-order valence-electron chi connectivity index (χ0n) is 15.0. The highest BCUT2D eigenvalue weighted by atomic mass is 32.2. The largest absolute Gasteiger partial charge is 0.333 e. The quantitative estimate of drug-likeness (QED) is 0.789. The Morgan fingerprint density at radius 3 is 2.33 bits per heavy atom. The number of carbonyl (C=O) groups excluding carboxylic acids is 1. The van der Waals surface area contributed by atoms with Crippen molar-refractivity contribution in [2.75, 3.05) is 18.8 Å². The molecule has 1 aromatic carbocycles. The molecule has 0 atom stereocenters. The van der Waals surface area contributed by atoms with Crippen LogP contribution in [0, 0.1) is 0 Å². The number of sulfonamides is 1. The SMILES string of the molecule is CC(C)N1C(=O)CN(S(=O)(=O)CCCc2ccccc2)CC1(C)C. The summed E-state index contributed by atoms with van der Waals surface area (Å²) in [5.74, 6) is -0.0414. The van der Waals surface area contributed by atoms with E-state index in [4.69, 9.17) is 0 Å². The summed E-state index contributed by atoms with van der Waals surface area (Å²) in [7, 11) is -3.42. The van der Waals surface area contributed by atoms with Crippen molar-refractivity contribution in [3.8, 4) is 0 Å². The van der Waals surface area contributed by atoms with Crippen LogP contribution in [0.5, 0.6) is 0 Å². The molecule has 134 valence electrons. The van der Waals surface area contributed by atoms with Crippen molar-refractivity contribution in [1.82, 2.24) is 9.21 Å². The van der Waals surface area contributed by atoms with Gasteiger partial charge in [0.1, 0.15) is 0 Å². The molecular formula is C18H28N2O3S. The van der Waals surface area contributed by atoms with Crippen molar-refractivity contribution in [1.29, 1.82) is 0 Å². The average Bonchev–Trinajstić information content (AvgIpc) is 2.46. The molecule has 0 saturated carbocycles. The maximum atomic E-state index is 12.6. The van der Waals surface area contributed by atoms with Gasteiger partial charge >= 0.3 is 0 Å². The molecule has 0 bridgehead atoms. The molecule has 6 heteroatoms. The molecule has 1 amide bonds. The van der Waals surface area contributed by atoms with Gasteiger partial charge in [0.2, 0.25) is 15.9 Å². The first-order valence-electron chi connectivity index (χ1n) is 8.47. The zero-order valence-corrected chi connectivity index (χ0v) is 15.8. The van der Waals surface area contributed by atoms with Crippen LogP contribution in [0.4, 0.5) is 0 Å². The summed E-state index contributed by atoms with van der Waals surface area (Å²) >= 11 is 0. The van der Waals surface area contributed by atoms with E-state index in [1.165, 1.54) is 4.31 Å². The van der Waals surface area contributed by atoms with Gasteiger partial charge in [-0.1, -0.05) is 30.3 Å². The van der Waals surface area contributed by atoms with E-state index in [-0.39, 0.29) is 24.2 Å². The first-order chi connectivity index (χ1) is 11.1. The lowest BCUT2D eigenvalue weighted by Crippen LogP contribution is -2.65. The Bertz CT molecular complexity index is 669. The van der Waals surface area contributed by atoms with Crippen molar-refractivity contribution in [2.45, 2.75) is 52.1 Å². The van der Waals surface area contributed by atoms with Crippen LogP contribution in [0.3, 0.4) is 0 Å². The fourth-order valence-corrected chi connectivity index (χ4v) is 5.13. The molecule has 0 spiro atoms. The van der Waals surface area contributed by atoms with Gasteiger partial charge in [0.05, 0.1) is 17.8 Å². The van der Waals surface area contributed by atoms with Crippen LogP contribution in [-0.4, -0.2) is 54.0 Å². The van der Waals surface area contributed by atoms with E-state index >= 15 is 0 Å². The highest BCUT2D eigenvalue weighted by molar-refractivity contribution is 7.89. The number of rotatable bonds is 6. The Morgan fingerprint density at radius 2 is 1.79 bits per heavy atom. The van der Waals surface area contributed by atoms with Crippen LogP contribution >= 0.6 is 0 Å². The van der Waals surface area contributed by atoms with Gasteiger partial charge < -0.3 is 4.90 Å². The number of hydrogen-bond acceptors (Lipinski definition) is 3. The Labute approximate surface area is 145 Å². The molecule has 1 fully saturated rings. The van der Waals surface area contributed by atoms with Gasteiger partial charge in [0.25, 0.3) is 0 Å². The van der Waals surface area contributed by atoms with E-state index in [9.17, 15) is 13.2 Å². The second kappa shape index (κ2) is 7.23. The molecule has 1 aliphatic rings. The minimum absolute atomic E-state index is 0.0463. The molecule has 0 aliphatic carbocycles. The summed E-state index contributed by atoms with van der Waals surface area (Å²) < 4.78 is 26.6. The number of hydrogen-bond donors (Lipinski definition) is 0. The first-order valence-corrected chi connectivity index (χ1v) is 10.1. The maximum Gasteiger partial charge on any atom is 0.238 e. The standard InChI is InChI=1S/C18H28N2O3S/c1-15(2)20-17(21)13-19(14-18(20,3)4)24(22,23)12-8-11-16-9-6-5-7-10-16/h5-7,9-10,15H,8,11-14H2,1-4H3.